The molecule has 0 spiro atoms. The van der Waals surface area contributed by atoms with Crippen LogP contribution < -0.4 is 5.73 Å². The number of carbonyl (C=O) groups is 1. The van der Waals surface area contributed by atoms with E-state index >= 15 is 0 Å². The third kappa shape index (κ3) is 3.93. The zero-order chi connectivity index (χ0) is 11.3. The van der Waals surface area contributed by atoms with E-state index in [4.69, 9.17) is 15.4 Å². The molecule has 0 saturated carbocycles. The standard InChI is InChI=1S/C9H14N2O3S/c1-2-6(10)4-15-5-7-3-8(9(12)13)11-14-7/h3,6H,2,4-5,10H2,1H3,(H,12,13). The second-order valence-electron chi connectivity index (χ2n) is 3.17. The Morgan fingerprint density at radius 3 is 3.07 bits per heavy atom. The number of thioether (sulfide) groups is 1. The van der Waals surface area contributed by atoms with Crippen molar-refractivity contribution in [2.75, 3.05) is 5.75 Å². The number of carboxylic acid groups (broad SMARTS) is 1. The van der Waals surface area contributed by atoms with Gasteiger partial charge in [0.05, 0.1) is 5.75 Å². The largest absolute Gasteiger partial charge is 0.476 e. The molecule has 0 bridgehead atoms. The Bertz CT molecular complexity index is 327. The lowest BCUT2D eigenvalue weighted by Gasteiger charge is -2.05. The molecule has 0 aliphatic heterocycles. The van der Waals surface area contributed by atoms with Crippen molar-refractivity contribution in [2.24, 2.45) is 5.73 Å². The molecule has 0 amide bonds. The first-order valence-corrected chi connectivity index (χ1v) is 5.81. The Balaban J connectivity index is 2.35. The first-order chi connectivity index (χ1) is 7.13. The number of aromatic nitrogens is 1. The van der Waals surface area contributed by atoms with Crippen LogP contribution in [0.25, 0.3) is 0 Å². The highest BCUT2D eigenvalue weighted by Gasteiger charge is 2.10. The molecule has 1 unspecified atom stereocenters. The van der Waals surface area contributed by atoms with Crippen molar-refractivity contribution in [3.05, 3.63) is 17.5 Å². The Morgan fingerprint density at radius 1 is 1.80 bits per heavy atom. The normalized spacial score (nSPS) is 12.7. The molecule has 0 aliphatic rings. The Morgan fingerprint density at radius 2 is 2.53 bits per heavy atom. The molecule has 6 heteroatoms. The minimum Gasteiger partial charge on any atom is -0.476 e. The average molecular weight is 230 g/mol. The van der Waals surface area contributed by atoms with E-state index in [1.807, 2.05) is 6.92 Å². The number of hydrogen-bond donors (Lipinski definition) is 2. The highest BCUT2D eigenvalue weighted by atomic mass is 32.2. The topological polar surface area (TPSA) is 89.4 Å². The molecule has 0 fully saturated rings. The maximum atomic E-state index is 10.5. The third-order valence-corrected chi connectivity index (χ3v) is 3.03. The minimum absolute atomic E-state index is 0.0506. The van der Waals surface area contributed by atoms with E-state index in [9.17, 15) is 4.79 Å². The van der Waals surface area contributed by atoms with Gasteiger partial charge >= 0.3 is 5.97 Å². The fourth-order valence-electron chi connectivity index (χ4n) is 0.911. The highest BCUT2D eigenvalue weighted by molar-refractivity contribution is 7.98. The van der Waals surface area contributed by atoms with Crippen molar-refractivity contribution in [1.29, 1.82) is 0 Å². The summed E-state index contributed by atoms with van der Waals surface area (Å²) in [6, 6.07) is 1.61. The molecule has 1 rings (SSSR count). The fraction of sp³-hybridized carbons (Fsp3) is 0.556. The van der Waals surface area contributed by atoms with Crippen LogP contribution >= 0.6 is 11.8 Å². The second kappa shape index (κ2) is 5.77. The van der Waals surface area contributed by atoms with Gasteiger partial charge in [-0.3, -0.25) is 0 Å². The third-order valence-electron chi connectivity index (χ3n) is 1.88. The van der Waals surface area contributed by atoms with E-state index in [-0.39, 0.29) is 11.7 Å². The number of rotatable bonds is 6. The first-order valence-electron chi connectivity index (χ1n) is 4.65. The van der Waals surface area contributed by atoms with Crippen molar-refractivity contribution >= 4 is 17.7 Å². The summed E-state index contributed by atoms with van der Waals surface area (Å²) in [6.45, 7) is 2.03. The van der Waals surface area contributed by atoms with Crippen molar-refractivity contribution in [2.45, 2.75) is 25.1 Å². The van der Waals surface area contributed by atoms with Crippen LogP contribution in [0.2, 0.25) is 0 Å². The summed E-state index contributed by atoms with van der Waals surface area (Å²) in [7, 11) is 0. The van der Waals surface area contributed by atoms with Gasteiger partial charge < -0.3 is 15.4 Å². The summed E-state index contributed by atoms with van der Waals surface area (Å²) in [5.41, 5.74) is 5.68. The smallest absolute Gasteiger partial charge is 0.358 e. The molecule has 0 saturated heterocycles. The van der Waals surface area contributed by atoms with Gasteiger partial charge in [0.2, 0.25) is 0 Å². The van der Waals surface area contributed by atoms with Crippen LogP contribution in [0.4, 0.5) is 0 Å². The van der Waals surface area contributed by atoms with Gasteiger partial charge in [0.25, 0.3) is 0 Å². The molecular formula is C9H14N2O3S. The van der Waals surface area contributed by atoms with Crippen molar-refractivity contribution < 1.29 is 14.4 Å². The van der Waals surface area contributed by atoms with Crippen LogP contribution in [0.5, 0.6) is 0 Å². The van der Waals surface area contributed by atoms with Gasteiger partial charge in [0.1, 0.15) is 5.76 Å². The minimum atomic E-state index is -1.07. The summed E-state index contributed by atoms with van der Waals surface area (Å²) in [5.74, 6) is 0.939. The summed E-state index contributed by atoms with van der Waals surface area (Å²) in [5, 5.41) is 12.0. The van der Waals surface area contributed by atoms with Gasteiger partial charge in [-0.1, -0.05) is 12.1 Å². The molecule has 15 heavy (non-hydrogen) atoms. The zero-order valence-corrected chi connectivity index (χ0v) is 9.29. The molecule has 1 aromatic heterocycles. The molecule has 0 radical (unpaired) electrons. The number of nitrogens with two attached hydrogens (primary N) is 1. The van der Waals surface area contributed by atoms with Crippen molar-refractivity contribution in [3.8, 4) is 0 Å². The molecule has 5 nitrogen and oxygen atoms in total. The second-order valence-corrected chi connectivity index (χ2v) is 4.20. The van der Waals surface area contributed by atoms with E-state index in [1.165, 1.54) is 6.07 Å². The zero-order valence-electron chi connectivity index (χ0n) is 8.47. The molecule has 1 atom stereocenters. The van der Waals surface area contributed by atoms with E-state index in [0.29, 0.717) is 11.5 Å². The number of aromatic carboxylic acids is 1. The predicted molar refractivity (Wildman–Crippen MR) is 57.9 cm³/mol. The molecule has 0 aromatic carbocycles. The first kappa shape index (κ1) is 12.1. The number of hydrogen-bond acceptors (Lipinski definition) is 5. The van der Waals surface area contributed by atoms with Crippen molar-refractivity contribution in [3.63, 3.8) is 0 Å². The summed E-state index contributed by atoms with van der Waals surface area (Å²) in [6.07, 6.45) is 0.934. The van der Waals surface area contributed by atoms with Crippen LogP contribution in [0.15, 0.2) is 10.6 Å². The quantitative estimate of drug-likeness (QED) is 0.766. The lowest BCUT2D eigenvalue weighted by atomic mass is 10.3. The van der Waals surface area contributed by atoms with Crippen LogP contribution in [-0.2, 0) is 5.75 Å². The Hall–Kier alpha value is -1.01. The molecule has 3 N–H and O–H groups in total. The molecular weight excluding hydrogens is 216 g/mol. The monoisotopic (exact) mass is 230 g/mol. The summed E-state index contributed by atoms with van der Waals surface area (Å²) < 4.78 is 4.85. The van der Waals surface area contributed by atoms with Gasteiger partial charge in [-0.2, -0.15) is 11.8 Å². The van der Waals surface area contributed by atoms with E-state index < -0.39 is 5.97 Å². The van der Waals surface area contributed by atoms with E-state index in [2.05, 4.69) is 5.16 Å². The molecule has 0 aliphatic carbocycles. The summed E-state index contributed by atoms with van der Waals surface area (Å²) in [4.78, 5) is 10.5. The maximum Gasteiger partial charge on any atom is 0.358 e. The SMILES string of the molecule is CCC(N)CSCc1cc(C(=O)O)no1. The Kier molecular flexibility index (Phi) is 4.64. The molecule has 1 heterocycles. The van der Waals surface area contributed by atoms with Crippen LogP contribution in [0.3, 0.4) is 0 Å². The van der Waals surface area contributed by atoms with Crippen LogP contribution in [0, 0.1) is 0 Å². The van der Waals surface area contributed by atoms with Gasteiger partial charge in [-0.05, 0) is 6.42 Å². The number of carboxylic acids is 1. The predicted octanol–water partition coefficient (Wildman–Crippen LogP) is 1.34. The fourth-order valence-corrected chi connectivity index (χ4v) is 1.90. The van der Waals surface area contributed by atoms with Gasteiger partial charge in [-0.15, -0.1) is 0 Å². The van der Waals surface area contributed by atoms with Crippen LogP contribution in [0.1, 0.15) is 29.6 Å². The van der Waals surface area contributed by atoms with E-state index in [1.54, 1.807) is 11.8 Å². The van der Waals surface area contributed by atoms with Crippen molar-refractivity contribution in [1.82, 2.24) is 5.16 Å². The lowest BCUT2D eigenvalue weighted by molar-refractivity contribution is 0.0685. The van der Waals surface area contributed by atoms with Gasteiger partial charge in [0.15, 0.2) is 5.69 Å². The molecule has 84 valence electrons. The van der Waals surface area contributed by atoms with Gasteiger partial charge in [0, 0.05) is 17.9 Å². The van der Waals surface area contributed by atoms with E-state index in [0.717, 1.165) is 12.2 Å². The average Bonchev–Trinajstić information content (AvgIpc) is 2.66. The highest BCUT2D eigenvalue weighted by Crippen LogP contribution is 2.14. The van der Waals surface area contributed by atoms with Gasteiger partial charge in [-0.25, -0.2) is 4.79 Å². The summed E-state index contributed by atoms with van der Waals surface area (Å²) >= 11 is 1.61. The van der Waals surface area contributed by atoms with Crippen LogP contribution in [-0.4, -0.2) is 28.0 Å². The number of nitrogens with zero attached hydrogens (tertiary/aromatic N) is 1. The lowest BCUT2D eigenvalue weighted by Crippen LogP contribution is -2.21. The maximum absolute atomic E-state index is 10.5. The molecule has 1 aromatic rings. The Labute approximate surface area is 92.0 Å².